The second kappa shape index (κ2) is 8.90. The van der Waals surface area contributed by atoms with Crippen LogP contribution in [0.2, 0.25) is 0 Å². The highest BCUT2D eigenvalue weighted by molar-refractivity contribution is 4.82. The van der Waals surface area contributed by atoms with Crippen molar-refractivity contribution in [1.29, 1.82) is 0 Å². The quantitative estimate of drug-likeness (QED) is 0.570. The number of rotatable bonds is 8. The molecule has 4 N–H and O–H groups in total. The van der Waals surface area contributed by atoms with Gasteiger partial charge in [0.05, 0.1) is 0 Å². The van der Waals surface area contributed by atoms with E-state index in [1.165, 1.54) is 25.7 Å². The Morgan fingerprint density at radius 3 is 2.76 bits per heavy atom. The van der Waals surface area contributed by atoms with E-state index in [1.807, 2.05) is 0 Å². The van der Waals surface area contributed by atoms with Crippen LogP contribution >= 0.6 is 0 Å². The molecule has 0 saturated heterocycles. The second-order valence-electron chi connectivity index (χ2n) is 5.61. The van der Waals surface area contributed by atoms with Gasteiger partial charge in [-0.25, -0.2) is 0 Å². The summed E-state index contributed by atoms with van der Waals surface area (Å²) in [5.41, 5.74) is 5.89. The summed E-state index contributed by atoms with van der Waals surface area (Å²) in [4.78, 5) is 0. The van der Waals surface area contributed by atoms with E-state index in [0.717, 1.165) is 44.2 Å². The lowest BCUT2D eigenvalue weighted by molar-refractivity contribution is 0.224. The molecule has 0 aromatic heterocycles. The second-order valence-corrected chi connectivity index (χ2v) is 5.61. The highest BCUT2D eigenvalue weighted by Crippen LogP contribution is 2.30. The maximum Gasteiger partial charge on any atom is 0.0431 e. The molecular weight excluding hydrogens is 212 g/mol. The molecule has 0 bridgehead atoms. The van der Waals surface area contributed by atoms with Gasteiger partial charge in [-0.05, 0) is 50.5 Å². The Morgan fingerprint density at radius 1 is 1.29 bits per heavy atom. The lowest BCUT2D eigenvalue weighted by atomic mass is 9.78. The molecule has 0 spiro atoms. The molecule has 102 valence electrons. The first-order valence-corrected chi connectivity index (χ1v) is 7.32. The summed E-state index contributed by atoms with van der Waals surface area (Å²) in [5.74, 6) is 1.65. The predicted molar refractivity (Wildman–Crippen MR) is 72.9 cm³/mol. The van der Waals surface area contributed by atoms with Gasteiger partial charge in [0.1, 0.15) is 0 Å². The Labute approximate surface area is 106 Å². The third-order valence-electron chi connectivity index (χ3n) is 4.04. The zero-order valence-electron chi connectivity index (χ0n) is 11.3. The van der Waals surface area contributed by atoms with Gasteiger partial charge in [0.2, 0.25) is 0 Å². The fourth-order valence-corrected chi connectivity index (χ4v) is 2.99. The van der Waals surface area contributed by atoms with Crippen molar-refractivity contribution in [2.24, 2.45) is 17.6 Å². The lowest BCUT2D eigenvalue weighted by Gasteiger charge is -2.33. The monoisotopic (exact) mass is 242 g/mol. The molecule has 0 radical (unpaired) electrons. The molecule has 1 fully saturated rings. The van der Waals surface area contributed by atoms with Gasteiger partial charge >= 0.3 is 0 Å². The predicted octanol–water partition coefficient (Wildman–Crippen LogP) is 1.89. The summed E-state index contributed by atoms with van der Waals surface area (Å²) < 4.78 is 0. The molecule has 0 aromatic carbocycles. The van der Waals surface area contributed by atoms with Gasteiger partial charge in [-0.1, -0.05) is 19.8 Å². The average Bonchev–Trinajstić information content (AvgIpc) is 2.34. The molecule has 0 aliphatic heterocycles. The van der Waals surface area contributed by atoms with Gasteiger partial charge in [-0.3, -0.25) is 0 Å². The van der Waals surface area contributed by atoms with Crippen molar-refractivity contribution >= 4 is 0 Å². The minimum atomic E-state index is 0.320. The van der Waals surface area contributed by atoms with E-state index in [4.69, 9.17) is 10.8 Å². The van der Waals surface area contributed by atoms with Crippen LogP contribution < -0.4 is 11.1 Å². The van der Waals surface area contributed by atoms with Crippen molar-refractivity contribution in [2.75, 3.05) is 19.7 Å². The van der Waals surface area contributed by atoms with E-state index in [1.54, 1.807) is 0 Å². The molecule has 17 heavy (non-hydrogen) atoms. The zero-order chi connectivity index (χ0) is 12.5. The highest BCUT2D eigenvalue weighted by atomic mass is 16.2. The first-order chi connectivity index (χ1) is 8.27. The Kier molecular flexibility index (Phi) is 7.82. The Bertz CT molecular complexity index is 187. The van der Waals surface area contributed by atoms with Crippen LogP contribution in [0.15, 0.2) is 0 Å². The van der Waals surface area contributed by atoms with E-state index >= 15 is 0 Å². The number of aliphatic hydroxyl groups excluding tert-OH is 1. The number of nitrogens with one attached hydrogen (secondary N) is 1. The molecule has 0 amide bonds. The minimum absolute atomic E-state index is 0.320. The normalized spacial score (nSPS) is 27.0. The third kappa shape index (κ3) is 5.84. The van der Waals surface area contributed by atoms with Gasteiger partial charge in [0.25, 0.3) is 0 Å². The first-order valence-electron chi connectivity index (χ1n) is 7.32. The van der Waals surface area contributed by atoms with Crippen molar-refractivity contribution in [3.8, 4) is 0 Å². The zero-order valence-corrected chi connectivity index (χ0v) is 11.3. The number of aliphatic hydroxyl groups is 1. The summed E-state index contributed by atoms with van der Waals surface area (Å²) in [7, 11) is 0. The average molecular weight is 242 g/mol. The summed E-state index contributed by atoms with van der Waals surface area (Å²) in [6, 6.07) is 0.506. The van der Waals surface area contributed by atoms with Crippen LogP contribution in [-0.4, -0.2) is 30.8 Å². The summed E-state index contributed by atoms with van der Waals surface area (Å²) >= 11 is 0. The largest absolute Gasteiger partial charge is 0.396 e. The van der Waals surface area contributed by atoms with Crippen molar-refractivity contribution in [2.45, 2.75) is 57.9 Å². The van der Waals surface area contributed by atoms with E-state index in [0.29, 0.717) is 12.6 Å². The van der Waals surface area contributed by atoms with Gasteiger partial charge in [0.15, 0.2) is 0 Å². The maximum absolute atomic E-state index is 8.71. The van der Waals surface area contributed by atoms with Gasteiger partial charge in [0, 0.05) is 19.2 Å². The molecule has 1 saturated carbocycles. The molecule has 3 heteroatoms. The van der Waals surface area contributed by atoms with Crippen LogP contribution in [-0.2, 0) is 0 Å². The molecule has 1 rings (SSSR count). The first kappa shape index (κ1) is 14.9. The van der Waals surface area contributed by atoms with Crippen molar-refractivity contribution < 1.29 is 5.11 Å². The number of unbranched alkanes of at least 4 members (excludes halogenated alkanes) is 2. The Morgan fingerprint density at radius 2 is 2.12 bits per heavy atom. The summed E-state index contributed by atoms with van der Waals surface area (Å²) in [6.07, 6.45) is 8.64. The van der Waals surface area contributed by atoms with Gasteiger partial charge < -0.3 is 16.2 Å². The van der Waals surface area contributed by atoms with Crippen molar-refractivity contribution in [1.82, 2.24) is 5.32 Å². The van der Waals surface area contributed by atoms with Crippen LogP contribution in [0.5, 0.6) is 0 Å². The van der Waals surface area contributed by atoms with Crippen LogP contribution in [0.4, 0.5) is 0 Å². The van der Waals surface area contributed by atoms with E-state index in [9.17, 15) is 0 Å². The standard InChI is InChI=1S/C14H30N2O/c1-12-6-5-7-13(10-12)14(11-15)16-8-3-2-4-9-17/h12-14,16-17H,2-11,15H2,1H3. The number of hydrogen-bond donors (Lipinski definition) is 3. The molecule has 3 unspecified atom stereocenters. The molecule has 1 aliphatic rings. The molecular formula is C14H30N2O. The third-order valence-corrected chi connectivity index (χ3v) is 4.04. The van der Waals surface area contributed by atoms with Crippen molar-refractivity contribution in [3.63, 3.8) is 0 Å². The highest BCUT2D eigenvalue weighted by Gasteiger charge is 2.25. The molecule has 3 atom stereocenters. The van der Waals surface area contributed by atoms with Crippen LogP contribution in [0, 0.1) is 11.8 Å². The molecule has 3 nitrogen and oxygen atoms in total. The van der Waals surface area contributed by atoms with Gasteiger partial charge in [-0.15, -0.1) is 0 Å². The minimum Gasteiger partial charge on any atom is -0.396 e. The van der Waals surface area contributed by atoms with Crippen LogP contribution in [0.1, 0.15) is 51.9 Å². The van der Waals surface area contributed by atoms with E-state index in [-0.39, 0.29) is 0 Å². The van der Waals surface area contributed by atoms with Crippen LogP contribution in [0.25, 0.3) is 0 Å². The topological polar surface area (TPSA) is 58.3 Å². The molecule has 0 aromatic rings. The SMILES string of the molecule is CC1CCCC(C(CN)NCCCCCO)C1. The summed E-state index contributed by atoms with van der Waals surface area (Å²) in [5, 5.41) is 12.3. The van der Waals surface area contributed by atoms with E-state index < -0.39 is 0 Å². The lowest BCUT2D eigenvalue weighted by Crippen LogP contribution is -2.44. The maximum atomic E-state index is 8.71. The smallest absolute Gasteiger partial charge is 0.0431 e. The fourth-order valence-electron chi connectivity index (χ4n) is 2.99. The van der Waals surface area contributed by atoms with E-state index in [2.05, 4.69) is 12.2 Å². The van der Waals surface area contributed by atoms with Crippen LogP contribution in [0.3, 0.4) is 0 Å². The number of nitrogens with two attached hydrogens (primary N) is 1. The molecule has 0 heterocycles. The molecule has 1 aliphatic carbocycles. The van der Waals surface area contributed by atoms with Gasteiger partial charge in [-0.2, -0.15) is 0 Å². The Hall–Kier alpha value is -0.120. The number of hydrogen-bond acceptors (Lipinski definition) is 3. The van der Waals surface area contributed by atoms with Crippen molar-refractivity contribution in [3.05, 3.63) is 0 Å². The fraction of sp³-hybridized carbons (Fsp3) is 1.00. The Balaban J connectivity index is 2.18. The summed E-state index contributed by atoms with van der Waals surface area (Å²) in [6.45, 7) is 4.49.